The molecule has 4 aliphatic heterocycles. The van der Waals surface area contributed by atoms with E-state index in [9.17, 15) is 56.4 Å². The Morgan fingerprint density at radius 2 is 0.850 bits per heavy atom. The van der Waals surface area contributed by atoms with Gasteiger partial charge in [-0.05, 0) is 237 Å². The topological polar surface area (TPSA) is 462 Å². The van der Waals surface area contributed by atoms with Crippen LogP contribution in [-0.4, -0.2) is 204 Å². The highest BCUT2D eigenvalue weighted by Crippen LogP contribution is 2.40. The number of anilines is 2. The molecule has 43 heteroatoms. The monoisotopic (exact) mass is 1830 g/mol. The Hall–Kier alpha value is -11.6. The lowest BCUT2D eigenvalue weighted by Gasteiger charge is -2.52. The molecule has 127 heavy (non-hydrogen) atoms. The lowest BCUT2D eigenvalue weighted by atomic mass is 9.84. The number of β-lactam (4-membered cyclic amide) rings is 2. The van der Waals surface area contributed by atoms with Crippen LogP contribution in [-0.2, 0) is 126 Å². The summed E-state index contributed by atoms with van der Waals surface area (Å²) in [7, 11) is -1.71. The molecule has 0 aliphatic carbocycles. The van der Waals surface area contributed by atoms with Crippen molar-refractivity contribution >= 4 is 115 Å². The fraction of sp³-hybridized carbons (Fsp3) is 0.571. The third-order valence-corrected chi connectivity index (χ3v) is 21.3. The molecule has 8 heterocycles. The van der Waals surface area contributed by atoms with Gasteiger partial charge in [0.2, 0.25) is 12.4 Å². The Balaban J connectivity index is 0.830. The highest BCUT2D eigenvalue weighted by Gasteiger charge is 2.62. The van der Waals surface area contributed by atoms with Crippen molar-refractivity contribution < 1.29 is 122 Å². The normalized spacial score (nSPS) is 18.2. The number of rotatable bonds is 30. The fourth-order valence-corrected chi connectivity index (χ4v) is 15.6. The lowest BCUT2D eigenvalue weighted by molar-refractivity contribution is -0.753. The first kappa shape index (κ1) is 97.6. The average molecular weight is 1830 g/mol. The van der Waals surface area contributed by atoms with E-state index in [1.54, 1.807) is 137 Å². The molecule has 10 rings (SSSR count). The van der Waals surface area contributed by atoms with Gasteiger partial charge >= 0.3 is 46.7 Å². The van der Waals surface area contributed by atoms with Gasteiger partial charge in [-0.1, -0.05) is 22.4 Å². The molecule has 6 atom stereocenters. The minimum absolute atomic E-state index is 0.0799. The number of hydrogen-bond donors (Lipinski definition) is 6. The van der Waals surface area contributed by atoms with Crippen molar-refractivity contribution in [1.29, 1.82) is 0 Å². The van der Waals surface area contributed by atoms with Crippen molar-refractivity contribution in [3.05, 3.63) is 94.5 Å². The van der Waals surface area contributed by atoms with Gasteiger partial charge in [0.15, 0.2) is 35.8 Å². The molecule has 6 aromatic rings. The number of fused-ring (bicyclic) bond motifs is 2. The summed E-state index contributed by atoms with van der Waals surface area (Å²) in [5, 5.41) is 27.3. The van der Waals surface area contributed by atoms with Crippen molar-refractivity contribution in [3.8, 4) is 33.8 Å². The number of aromatic nitrogens is 6. The van der Waals surface area contributed by atoms with Crippen LogP contribution in [0.5, 0.6) is 11.5 Å². The zero-order valence-electron chi connectivity index (χ0n) is 76.0. The molecule has 2 fully saturated rings. The minimum Gasteiger partial charge on any atom is -0.485 e. The van der Waals surface area contributed by atoms with Crippen molar-refractivity contribution in [2.45, 2.75) is 285 Å². The van der Waals surface area contributed by atoms with Crippen LogP contribution in [0, 0.1) is 0 Å². The van der Waals surface area contributed by atoms with Gasteiger partial charge in [0.1, 0.15) is 80.8 Å². The number of carbonyl (C=O) groups is 10. The summed E-state index contributed by atoms with van der Waals surface area (Å²) in [6.45, 7) is 37.7. The van der Waals surface area contributed by atoms with E-state index in [1.807, 2.05) is 81.9 Å². The van der Waals surface area contributed by atoms with E-state index in [2.05, 4.69) is 52.2 Å². The summed E-state index contributed by atoms with van der Waals surface area (Å²) < 4.78 is 92.7. The Morgan fingerprint density at radius 3 is 1.18 bits per heavy atom. The zero-order valence-corrected chi connectivity index (χ0v) is 78.4. The zero-order chi connectivity index (χ0) is 93.8. The SMILES string of the molecule is C[n+]1cc(-c2ccc3c(c2)CC[C@H]([C@H](O/N=C(\C(=O)N[C@@H]2C(=O)N(OS(=O)(=O)ON4C(=O)[C@@H](NC(=O)/C(=N\O[C@H](C(=O)OC(C)(C)C)[C@H]5CCc6cc(-c7cn(CCCNC(=O)OC(C)(C)C)[n+](C)c7)ccc6O5)c5csc(NC(=O)OC(C)(C)C)n5)C4(C)C)C2(C)C)c2csc(NC(=O)OC(C)(C)C)n2)C(=O)OC(C)(C)C)O3)cn1CCCNC(=O)OC(C)(C)C. The van der Waals surface area contributed by atoms with Crippen LogP contribution < -0.4 is 50.7 Å². The van der Waals surface area contributed by atoms with Gasteiger partial charge < -0.3 is 68.8 Å². The van der Waals surface area contributed by atoms with Crippen molar-refractivity contribution in [1.82, 2.24) is 50.7 Å². The molecule has 40 nitrogen and oxygen atoms in total. The van der Waals surface area contributed by atoms with Crippen molar-refractivity contribution in [2.75, 3.05) is 23.7 Å². The maximum absolute atomic E-state index is 14.9. The number of benzene rings is 2. The van der Waals surface area contributed by atoms with Crippen molar-refractivity contribution in [2.24, 2.45) is 24.4 Å². The molecular formula is C84H116N16O24S3+2. The third kappa shape index (κ3) is 26.3. The number of amides is 8. The largest absolute Gasteiger partial charge is 0.485 e. The molecular weight excluding hydrogens is 1710 g/mol. The lowest BCUT2D eigenvalue weighted by Crippen LogP contribution is -2.78. The molecule has 692 valence electrons. The Morgan fingerprint density at radius 1 is 0.512 bits per heavy atom. The highest BCUT2D eigenvalue weighted by atomic mass is 32.3. The van der Waals surface area contributed by atoms with Gasteiger partial charge in [-0.25, -0.2) is 38.7 Å². The van der Waals surface area contributed by atoms with Gasteiger partial charge in [-0.2, -0.15) is 27.9 Å². The van der Waals surface area contributed by atoms with Crippen LogP contribution in [0.3, 0.4) is 0 Å². The van der Waals surface area contributed by atoms with E-state index in [1.165, 1.54) is 38.5 Å². The summed E-state index contributed by atoms with van der Waals surface area (Å²) in [5.41, 5.74) is -5.52. The summed E-state index contributed by atoms with van der Waals surface area (Å²) in [5.74, 6) is -5.70. The van der Waals surface area contributed by atoms with Crippen LogP contribution >= 0.6 is 22.7 Å². The fourth-order valence-electron chi connectivity index (χ4n) is 13.3. The summed E-state index contributed by atoms with van der Waals surface area (Å²) in [4.78, 5) is 158. The molecule has 8 amide bonds. The third-order valence-electron chi connectivity index (χ3n) is 19.1. The van der Waals surface area contributed by atoms with E-state index >= 15 is 0 Å². The van der Waals surface area contributed by atoms with Crippen LogP contribution in [0.25, 0.3) is 22.3 Å². The standard InChI is InChI=1S/C84H114N16O24S3/c1-77(2,3)115-69(105)61(57-33-29-49-39-47(27-31-55(49)113-57)51-41-95(23)97(43-51)37-25-35-85-73(107)117-79(7,8)9)121-93-59(53-45-125-71(87-53)91-75(109)119-81(13,14)15)65(101)89-63-67(103)99(83(63,19)20)123-127(111,112)124-100-68(104)64(84(100,21)22)90-66(102)60(54-46-126-72(88-54)92-76(110)120-82(16,17)18)94-122-62(70(106)116-78(4,5)6)58-34-30-50-40-48(28-32-56(50)114-58)52-42-96(24)98(44-52)38-26-36-86-74(108)118-80(10,11)12/h27-28,31-32,39-46,57-58,61-64H,25-26,29-30,33-38H2,1-24H3,(H4-2,85,86,87,88,89,90,91,92,101,102,107,108,109,110)/p+2/b93-59-,94-60-/t57-,58-,61+,62+,63-,64-/m1/s1. The molecule has 2 aromatic carbocycles. The molecule has 2 saturated heterocycles. The predicted octanol–water partition coefficient (Wildman–Crippen LogP) is 9.38. The number of hydroxylamine groups is 4. The summed E-state index contributed by atoms with van der Waals surface area (Å²) in [6.07, 6.45) is 1.91. The molecule has 0 bridgehead atoms. The highest BCUT2D eigenvalue weighted by molar-refractivity contribution is 7.81. The molecule has 0 radical (unpaired) electrons. The average Bonchev–Trinajstić information content (AvgIpc) is 1.25. The smallest absolute Gasteiger partial charge is 0.442 e. The number of carbonyl (C=O) groups excluding carboxylic acids is 10. The van der Waals surface area contributed by atoms with E-state index in [4.69, 9.17) is 56.1 Å². The summed E-state index contributed by atoms with van der Waals surface area (Å²) >= 11 is 1.69. The summed E-state index contributed by atoms with van der Waals surface area (Å²) in [6, 6.07) is 7.90. The molecule has 0 saturated carbocycles. The quantitative estimate of drug-likeness (QED) is 0.00465. The van der Waals surface area contributed by atoms with E-state index < -0.39 is 163 Å². The van der Waals surface area contributed by atoms with Crippen LogP contribution in [0.1, 0.15) is 201 Å². The van der Waals surface area contributed by atoms with Gasteiger partial charge in [-0.3, -0.25) is 29.8 Å². The Bertz CT molecular complexity index is 5000. The van der Waals surface area contributed by atoms with Crippen LogP contribution in [0.2, 0.25) is 0 Å². The van der Waals surface area contributed by atoms with Crippen molar-refractivity contribution in [3.63, 3.8) is 0 Å². The second kappa shape index (κ2) is 38.2. The molecule has 0 unspecified atom stereocenters. The molecule has 4 aromatic heterocycles. The predicted molar refractivity (Wildman–Crippen MR) is 461 cm³/mol. The first-order valence-electron chi connectivity index (χ1n) is 41.2. The van der Waals surface area contributed by atoms with Gasteiger partial charge in [0.05, 0.1) is 47.7 Å². The van der Waals surface area contributed by atoms with Gasteiger partial charge in [0.25, 0.3) is 35.8 Å². The Kier molecular flexibility index (Phi) is 29.3. The minimum atomic E-state index is -5.51. The van der Waals surface area contributed by atoms with E-state index in [-0.39, 0.29) is 34.5 Å². The molecule has 6 N–H and O–H groups in total. The second-order valence-electron chi connectivity index (χ2n) is 37.8. The number of oxime groups is 2. The van der Waals surface area contributed by atoms with Crippen LogP contribution in [0.15, 0.2) is 82.3 Å². The second-order valence-corrected chi connectivity index (χ2v) is 40.6. The van der Waals surface area contributed by atoms with Crippen LogP contribution in [0.4, 0.5) is 29.4 Å². The number of nitrogens with zero attached hydrogens (tertiary/aromatic N) is 10. The van der Waals surface area contributed by atoms with Gasteiger partial charge in [-0.15, -0.1) is 40.6 Å². The number of alkyl carbamates (subject to hydrolysis) is 2. The molecule has 0 spiro atoms. The maximum atomic E-state index is 14.9. The number of esters is 2. The number of thiazole rings is 2. The number of aryl methyl sites for hydroxylation is 6. The number of ether oxygens (including phenoxy) is 8. The number of nitrogens with one attached hydrogen (secondary N) is 6. The Labute approximate surface area is 744 Å². The first-order valence-corrected chi connectivity index (χ1v) is 44.3. The van der Waals surface area contributed by atoms with Gasteiger partial charge in [0, 0.05) is 23.8 Å². The van der Waals surface area contributed by atoms with E-state index in [0.717, 1.165) is 56.1 Å². The number of hydrogen-bond acceptors (Lipinski definition) is 30. The van der Waals surface area contributed by atoms with E-state index in [0.29, 0.717) is 73.5 Å². The first-order chi connectivity index (χ1) is 58.8. The maximum Gasteiger partial charge on any atom is 0.442 e. The molecule has 4 aliphatic rings.